The topological polar surface area (TPSA) is 72.9 Å². The minimum atomic E-state index is -0.760. The summed E-state index contributed by atoms with van der Waals surface area (Å²) in [6, 6.07) is 0.653. The molecule has 2 N–H and O–H groups in total. The Balaban J connectivity index is 1.58. The lowest BCUT2D eigenvalue weighted by atomic mass is 10.2. The summed E-state index contributed by atoms with van der Waals surface area (Å²) in [6.07, 6.45) is 3.25. The molecule has 0 radical (unpaired) electrons. The molecule has 0 aromatic heterocycles. The lowest BCUT2D eigenvalue weighted by molar-refractivity contribution is -0.138. The minimum absolute atomic E-state index is 0.180. The number of hydrogen-bond donors (Lipinski definition) is 2. The third-order valence-corrected chi connectivity index (χ3v) is 3.72. The molecule has 108 valence electrons. The predicted molar refractivity (Wildman–Crippen MR) is 70.9 cm³/mol. The van der Waals surface area contributed by atoms with Crippen molar-refractivity contribution in [3.8, 4) is 0 Å². The van der Waals surface area contributed by atoms with Crippen molar-refractivity contribution in [2.75, 3.05) is 39.3 Å². The van der Waals surface area contributed by atoms with Gasteiger partial charge in [0.15, 0.2) is 0 Å². The van der Waals surface area contributed by atoms with E-state index in [2.05, 4.69) is 10.2 Å². The van der Waals surface area contributed by atoms with Crippen LogP contribution in [0, 0.1) is 0 Å². The molecule has 2 aliphatic rings. The summed E-state index contributed by atoms with van der Waals surface area (Å²) in [5.74, 6) is -0.546. The number of rotatable bonds is 7. The average Bonchev–Trinajstić information content (AvgIpc) is 3.21. The van der Waals surface area contributed by atoms with E-state index in [1.54, 1.807) is 0 Å². The van der Waals surface area contributed by atoms with Crippen LogP contribution in [0.25, 0.3) is 0 Å². The summed E-state index contributed by atoms with van der Waals surface area (Å²) in [6.45, 7) is 4.39. The van der Waals surface area contributed by atoms with Crippen molar-refractivity contribution in [3.05, 3.63) is 0 Å². The third kappa shape index (κ3) is 5.16. The maximum atomic E-state index is 11.9. The molecule has 0 spiro atoms. The predicted octanol–water partition coefficient (Wildman–Crippen LogP) is -0.253. The van der Waals surface area contributed by atoms with E-state index in [9.17, 15) is 9.59 Å². The highest BCUT2D eigenvalue weighted by molar-refractivity contribution is 5.76. The van der Waals surface area contributed by atoms with Crippen LogP contribution in [0.4, 0.5) is 0 Å². The molecule has 6 heteroatoms. The number of aliphatic carboxylic acids is 1. The van der Waals surface area contributed by atoms with Crippen molar-refractivity contribution >= 4 is 11.9 Å². The number of hydrogen-bond acceptors (Lipinski definition) is 4. The Hall–Kier alpha value is -1.14. The number of amides is 1. The first-order chi connectivity index (χ1) is 9.15. The van der Waals surface area contributed by atoms with Gasteiger partial charge in [-0.25, -0.2) is 0 Å². The van der Waals surface area contributed by atoms with Crippen LogP contribution in [0.15, 0.2) is 0 Å². The van der Waals surface area contributed by atoms with E-state index in [1.807, 2.05) is 4.90 Å². The highest BCUT2D eigenvalue weighted by atomic mass is 16.4. The van der Waals surface area contributed by atoms with Crippen molar-refractivity contribution in [1.82, 2.24) is 15.1 Å². The highest BCUT2D eigenvalue weighted by Crippen LogP contribution is 2.18. The van der Waals surface area contributed by atoms with E-state index in [-0.39, 0.29) is 12.3 Å². The summed E-state index contributed by atoms with van der Waals surface area (Å²) in [5.41, 5.74) is 0. The Bertz CT molecular complexity index is 323. The largest absolute Gasteiger partial charge is 0.481 e. The van der Waals surface area contributed by atoms with E-state index in [0.29, 0.717) is 19.0 Å². The Kier molecular flexibility index (Phi) is 5.15. The van der Waals surface area contributed by atoms with Gasteiger partial charge < -0.3 is 15.3 Å². The Morgan fingerprint density at radius 1 is 1.11 bits per heavy atom. The van der Waals surface area contributed by atoms with E-state index >= 15 is 0 Å². The SMILES string of the molecule is O=C(O)CCN1CCN(C(=O)CCNC2CC2)CC1. The molecule has 0 bridgehead atoms. The Morgan fingerprint density at radius 2 is 1.79 bits per heavy atom. The van der Waals surface area contributed by atoms with Gasteiger partial charge in [0, 0.05) is 51.7 Å². The zero-order chi connectivity index (χ0) is 13.7. The molecule has 0 unspecified atom stereocenters. The average molecular weight is 269 g/mol. The van der Waals surface area contributed by atoms with Crippen molar-refractivity contribution in [1.29, 1.82) is 0 Å². The molecule has 19 heavy (non-hydrogen) atoms. The molecule has 0 atom stereocenters. The van der Waals surface area contributed by atoms with Gasteiger partial charge in [0.1, 0.15) is 0 Å². The molecule has 1 aliphatic heterocycles. The minimum Gasteiger partial charge on any atom is -0.481 e. The standard InChI is InChI=1S/C13H23N3O3/c17-12(3-5-14-11-1-2-11)16-9-7-15(8-10-16)6-4-13(18)19/h11,14H,1-10H2,(H,18,19). The lowest BCUT2D eigenvalue weighted by Crippen LogP contribution is -2.49. The zero-order valence-electron chi connectivity index (χ0n) is 11.3. The number of carboxylic acids is 1. The molecule has 2 fully saturated rings. The van der Waals surface area contributed by atoms with Gasteiger partial charge in [0.05, 0.1) is 6.42 Å². The molecular formula is C13H23N3O3. The second kappa shape index (κ2) is 6.86. The van der Waals surface area contributed by atoms with Gasteiger partial charge in [-0.15, -0.1) is 0 Å². The molecule has 1 saturated carbocycles. The van der Waals surface area contributed by atoms with Crippen molar-refractivity contribution in [2.24, 2.45) is 0 Å². The highest BCUT2D eigenvalue weighted by Gasteiger charge is 2.23. The molecule has 1 amide bonds. The van der Waals surface area contributed by atoms with Crippen LogP contribution < -0.4 is 5.32 Å². The van der Waals surface area contributed by atoms with Crippen LogP contribution in [0.3, 0.4) is 0 Å². The van der Waals surface area contributed by atoms with Gasteiger partial charge in [0.2, 0.25) is 5.91 Å². The van der Waals surface area contributed by atoms with Gasteiger partial charge in [-0.05, 0) is 12.8 Å². The third-order valence-electron chi connectivity index (χ3n) is 3.72. The normalized spacial score (nSPS) is 20.5. The van der Waals surface area contributed by atoms with E-state index in [4.69, 9.17) is 5.11 Å². The van der Waals surface area contributed by atoms with Gasteiger partial charge >= 0.3 is 5.97 Å². The van der Waals surface area contributed by atoms with Crippen LogP contribution in [0.2, 0.25) is 0 Å². The van der Waals surface area contributed by atoms with Crippen LogP contribution >= 0.6 is 0 Å². The first-order valence-corrected chi connectivity index (χ1v) is 7.10. The molecule has 6 nitrogen and oxygen atoms in total. The van der Waals surface area contributed by atoms with Crippen LogP contribution in [-0.2, 0) is 9.59 Å². The second-order valence-corrected chi connectivity index (χ2v) is 5.34. The first kappa shape index (κ1) is 14.3. The van der Waals surface area contributed by atoms with Gasteiger partial charge in [-0.1, -0.05) is 0 Å². The fourth-order valence-electron chi connectivity index (χ4n) is 2.30. The van der Waals surface area contributed by atoms with E-state index in [1.165, 1.54) is 12.8 Å². The number of piperazine rings is 1. The summed E-state index contributed by atoms with van der Waals surface area (Å²) in [4.78, 5) is 26.4. The number of carbonyl (C=O) groups excluding carboxylic acids is 1. The molecule has 0 aromatic rings. The lowest BCUT2D eigenvalue weighted by Gasteiger charge is -2.34. The fraction of sp³-hybridized carbons (Fsp3) is 0.846. The second-order valence-electron chi connectivity index (χ2n) is 5.34. The maximum Gasteiger partial charge on any atom is 0.304 e. The van der Waals surface area contributed by atoms with Crippen molar-refractivity contribution in [3.63, 3.8) is 0 Å². The van der Waals surface area contributed by atoms with Gasteiger partial charge in [0.25, 0.3) is 0 Å². The quantitative estimate of drug-likeness (QED) is 0.666. The van der Waals surface area contributed by atoms with Crippen LogP contribution in [0.5, 0.6) is 0 Å². The molecule has 1 saturated heterocycles. The summed E-state index contributed by atoms with van der Waals surface area (Å²) >= 11 is 0. The van der Waals surface area contributed by atoms with Crippen molar-refractivity contribution < 1.29 is 14.7 Å². The maximum absolute atomic E-state index is 11.9. The summed E-state index contributed by atoms with van der Waals surface area (Å²) in [5, 5.41) is 12.0. The summed E-state index contributed by atoms with van der Waals surface area (Å²) < 4.78 is 0. The molecule has 1 aliphatic carbocycles. The van der Waals surface area contributed by atoms with Crippen LogP contribution in [0.1, 0.15) is 25.7 Å². The Labute approximate surface area is 113 Å². The van der Waals surface area contributed by atoms with Gasteiger partial charge in [-0.2, -0.15) is 0 Å². The first-order valence-electron chi connectivity index (χ1n) is 7.10. The molecule has 0 aromatic carbocycles. The van der Waals surface area contributed by atoms with Crippen LogP contribution in [-0.4, -0.2) is 72.1 Å². The van der Waals surface area contributed by atoms with Gasteiger partial charge in [-0.3, -0.25) is 14.5 Å². The Morgan fingerprint density at radius 3 is 2.37 bits per heavy atom. The monoisotopic (exact) mass is 269 g/mol. The molecule has 1 heterocycles. The molecule has 2 rings (SSSR count). The van der Waals surface area contributed by atoms with E-state index < -0.39 is 5.97 Å². The smallest absolute Gasteiger partial charge is 0.304 e. The summed E-state index contributed by atoms with van der Waals surface area (Å²) in [7, 11) is 0. The zero-order valence-corrected chi connectivity index (χ0v) is 11.3. The number of nitrogens with zero attached hydrogens (tertiary/aromatic N) is 2. The fourth-order valence-corrected chi connectivity index (χ4v) is 2.30. The number of carbonyl (C=O) groups is 2. The molecular weight excluding hydrogens is 246 g/mol. The van der Waals surface area contributed by atoms with Crippen molar-refractivity contribution in [2.45, 2.75) is 31.7 Å². The van der Waals surface area contributed by atoms with E-state index in [0.717, 1.165) is 32.7 Å². The number of nitrogens with one attached hydrogen (secondary N) is 1. The number of carboxylic acid groups (broad SMARTS) is 1.